The zero-order valence-electron chi connectivity index (χ0n) is 12.4. The minimum Gasteiger partial charge on any atom is -0.224 e. The molecule has 0 N–H and O–H groups in total. The van der Waals surface area contributed by atoms with E-state index in [0.29, 0.717) is 0 Å². The lowest BCUT2D eigenvalue weighted by molar-refractivity contribution is 0.606. The molecule has 0 atom stereocenters. The highest BCUT2D eigenvalue weighted by molar-refractivity contribution is 7.94. The quantitative estimate of drug-likeness (QED) is 0.810. The molecule has 0 fully saturated rings. The molecule has 21 heavy (non-hydrogen) atoms. The zero-order valence-corrected chi connectivity index (χ0v) is 14.1. The maximum Gasteiger partial charge on any atom is 0.170 e. The summed E-state index contributed by atoms with van der Waals surface area (Å²) < 4.78 is 20.5. The van der Waals surface area contributed by atoms with Crippen molar-refractivity contribution in [1.82, 2.24) is 0 Å². The maximum absolute atomic E-state index is 10.2. The third-order valence-corrected chi connectivity index (χ3v) is 6.40. The van der Waals surface area contributed by atoms with Crippen molar-refractivity contribution in [3.05, 3.63) is 72.7 Å². The van der Waals surface area contributed by atoms with Crippen LogP contribution in [0.5, 0.6) is 0 Å². The topological polar surface area (TPSA) is 34.1 Å². The van der Waals surface area contributed by atoms with Crippen LogP contribution in [0.25, 0.3) is 0 Å². The van der Waals surface area contributed by atoms with E-state index in [2.05, 4.69) is 73.9 Å². The molecule has 4 heteroatoms. The first-order chi connectivity index (χ1) is 10.00. The van der Waals surface area contributed by atoms with Crippen molar-refractivity contribution in [2.45, 2.75) is 6.92 Å². The Labute approximate surface area is 129 Å². The van der Waals surface area contributed by atoms with Crippen molar-refractivity contribution in [2.75, 3.05) is 12.4 Å². The van der Waals surface area contributed by atoms with Crippen LogP contribution in [0, 0.1) is 0 Å². The Morgan fingerprint density at radius 1 is 0.952 bits per heavy atom. The molecule has 2 aromatic rings. The predicted molar refractivity (Wildman–Crippen MR) is 94.7 cm³/mol. The summed E-state index contributed by atoms with van der Waals surface area (Å²) >= 11 is 0. The smallest absolute Gasteiger partial charge is 0.170 e. The Morgan fingerprint density at radius 3 is 1.57 bits per heavy atom. The molecule has 0 heterocycles. The summed E-state index contributed by atoms with van der Waals surface area (Å²) in [4.78, 5) is 0. The zero-order chi connectivity index (χ0) is 15.7. The Balaban J connectivity index is 0.000000270. The van der Waals surface area contributed by atoms with Gasteiger partial charge in [0.1, 0.15) is 0 Å². The summed E-state index contributed by atoms with van der Waals surface area (Å²) in [6.07, 6.45) is 0. The lowest BCUT2D eigenvalue weighted by Crippen LogP contribution is -2.09. The Hall–Kier alpha value is -1.44. The van der Waals surface area contributed by atoms with Crippen LogP contribution in [0.3, 0.4) is 0 Å². The summed E-state index contributed by atoms with van der Waals surface area (Å²) in [6, 6.07) is 21.4. The molecule has 112 valence electrons. The van der Waals surface area contributed by atoms with Gasteiger partial charge in [0.15, 0.2) is 9.84 Å². The average molecular weight is 320 g/mol. The van der Waals surface area contributed by atoms with E-state index in [1.165, 1.54) is 10.6 Å². The second-order valence-electron chi connectivity index (χ2n) is 4.35. The van der Waals surface area contributed by atoms with Crippen LogP contribution >= 0.6 is 7.92 Å². The summed E-state index contributed by atoms with van der Waals surface area (Å²) in [5.74, 6) is 0.149. The molecule has 0 aliphatic heterocycles. The summed E-state index contributed by atoms with van der Waals surface area (Å²) in [5.41, 5.74) is 0. The van der Waals surface area contributed by atoms with Gasteiger partial charge in [0.25, 0.3) is 0 Å². The van der Waals surface area contributed by atoms with Crippen molar-refractivity contribution >= 4 is 28.4 Å². The van der Waals surface area contributed by atoms with Crippen molar-refractivity contribution in [1.29, 1.82) is 0 Å². The fraction of sp³-hybridized carbons (Fsp3) is 0.176. The third-order valence-electron chi connectivity index (χ3n) is 2.94. The summed E-state index contributed by atoms with van der Waals surface area (Å²) in [5, 5.41) is 3.84. The normalized spacial score (nSPS) is 10.6. The van der Waals surface area contributed by atoms with Crippen LogP contribution in [0.15, 0.2) is 72.7 Å². The summed E-state index contributed by atoms with van der Waals surface area (Å²) in [6.45, 7) is 7.00. The highest BCUT2D eigenvalue weighted by Crippen LogP contribution is 2.27. The molecule has 0 saturated heterocycles. The van der Waals surface area contributed by atoms with Crippen LogP contribution < -0.4 is 10.6 Å². The fourth-order valence-electron chi connectivity index (χ4n) is 1.57. The van der Waals surface area contributed by atoms with E-state index >= 15 is 0 Å². The van der Waals surface area contributed by atoms with Gasteiger partial charge in [-0.3, -0.25) is 0 Å². The van der Waals surface area contributed by atoms with Gasteiger partial charge in [0.2, 0.25) is 0 Å². The number of benzene rings is 2. The molecule has 2 rings (SSSR count). The van der Waals surface area contributed by atoms with Crippen LogP contribution in [-0.2, 0) is 9.84 Å². The van der Waals surface area contributed by atoms with Gasteiger partial charge in [0.05, 0.1) is 5.75 Å². The molecule has 2 nitrogen and oxygen atoms in total. The van der Waals surface area contributed by atoms with Crippen molar-refractivity contribution in [3.8, 4) is 0 Å². The second kappa shape index (κ2) is 8.76. The number of rotatable bonds is 4. The molecule has 0 radical (unpaired) electrons. The van der Waals surface area contributed by atoms with E-state index in [9.17, 15) is 8.42 Å². The Kier molecular flexibility index (Phi) is 7.35. The van der Waals surface area contributed by atoms with Gasteiger partial charge in [-0.2, -0.15) is 0 Å². The van der Waals surface area contributed by atoms with Crippen LogP contribution in [0.2, 0.25) is 0 Å². The van der Waals surface area contributed by atoms with Crippen LogP contribution in [0.1, 0.15) is 6.92 Å². The first kappa shape index (κ1) is 17.6. The van der Waals surface area contributed by atoms with Gasteiger partial charge < -0.3 is 0 Å². The van der Waals surface area contributed by atoms with Gasteiger partial charge in [0, 0.05) is 5.41 Å². The van der Waals surface area contributed by atoms with Crippen molar-refractivity contribution in [3.63, 3.8) is 0 Å². The Bertz CT molecular complexity index is 598. The van der Waals surface area contributed by atoms with E-state index in [1.54, 1.807) is 6.92 Å². The maximum atomic E-state index is 10.2. The van der Waals surface area contributed by atoms with E-state index in [1.807, 2.05) is 0 Å². The van der Waals surface area contributed by atoms with Gasteiger partial charge in [-0.15, -0.1) is 0 Å². The van der Waals surface area contributed by atoms with Crippen LogP contribution in [-0.4, -0.2) is 20.8 Å². The van der Waals surface area contributed by atoms with Gasteiger partial charge in [-0.25, -0.2) is 8.42 Å². The lowest BCUT2D eigenvalue weighted by atomic mass is 10.4. The highest BCUT2D eigenvalue weighted by Gasteiger charge is 2.05. The molecule has 0 aliphatic carbocycles. The Morgan fingerprint density at radius 2 is 1.33 bits per heavy atom. The standard InChI is InChI=1S/C13H13P.C4H8O2S/c1-14(12-8-4-2-5-9-12)13-10-6-3-7-11-13;1-3-7(5,6)4-2/h2-11H,1H3;3H,1,4H2,2H3. The first-order valence-corrected chi connectivity index (χ1v) is 10.2. The summed E-state index contributed by atoms with van der Waals surface area (Å²) in [7, 11) is -3.06. The number of hydrogen-bond donors (Lipinski definition) is 0. The van der Waals surface area contributed by atoms with Crippen LogP contribution in [0.4, 0.5) is 0 Å². The molecular weight excluding hydrogens is 299 g/mol. The fourth-order valence-corrected chi connectivity index (χ4v) is 3.34. The van der Waals surface area contributed by atoms with Gasteiger partial charge in [-0.05, 0) is 25.2 Å². The predicted octanol–water partition coefficient (Wildman–Crippen LogP) is 3.31. The average Bonchev–Trinajstić information content (AvgIpc) is 2.56. The number of hydrogen-bond acceptors (Lipinski definition) is 2. The van der Waals surface area contributed by atoms with Gasteiger partial charge in [-0.1, -0.05) is 74.2 Å². The van der Waals surface area contributed by atoms with E-state index in [0.717, 1.165) is 5.41 Å². The molecule has 2 aromatic carbocycles. The highest BCUT2D eigenvalue weighted by atomic mass is 32.2. The van der Waals surface area contributed by atoms with Crippen molar-refractivity contribution in [2.24, 2.45) is 0 Å². The molecule has 0 amide bonds. The molecular formula is C17H21O2PS. The lowest BCUT2D eigenvalue weighted by Gasteiger charge is -2.12. The van der Waals surface area contributed by atoms with Gasteiger partial charge >= 0.3 is 0 Å². The molecule has 0 aromatic heterocycles. The third kappa shape index (κ3) is 6.24. The molecule has 0 saturated carbocycles. The minimum absolute atomic E-state index is 0.149. The van der Waals surface area contributed by atoms with Crippen molar-refractivity contribution < 1.29 is 8.42 Å². The van der Waals surface area contributed by atoms with E-state index in [4.69, 9.17) is 0 Å². The second-order valence-corrected chi connectivity index (χ2v) is 8.74. The first-order valence-electron chi connectivity index (χ1n) is 6.69. The van der Waals surface area contributed by atoms with E-state index < -0.39 is 9.84 Å². The molecule has 0 spiro atoms. The SMILES string of the molecule is C=CS(=O)(=O)CC.CP(c1ccccc1)c1ccccc1. The van der Waals surface area contributed by atoms with E-state index in [-0.39, 0.29) is 13.7 Å². The molecule has 0 bridgehead atoms. The monoisotopic (exact) mass is 320 g/mol. The minimum atomic E-state index is -2.89. The largest absolute Gasteiger partial charge is 0.224 e. The molecule has 0 unspecified atom stereocenters. The number of sulfone groups is 1. The molecule has 0 aliphatic rings.